The fourth-order valence-electron chi connectivity index (χ4n) is 6.86. The second-order valence-corrected chi connectivity index (χ2v) is 19.6. The van der Waals surface area contributed by atoms with Crippen LogP contribution in [0.4, 0.5) is 0 Å². The molecule has 63 heavy (non-hydrogen) atoms. The molecule has 0 saturated carbocycles. The van der Waals surface area contributed by atoms with Crippen molar-refractivity contribution < 1.29 is 42.1 Å². The molecule has 9 nitrogen and oxygen atoms in total. The fraction of sp³-hybridized carbons (Fsp3) is 0.774. The van der Waals surface area contributed by atoms with Crippen LogP contribution in [-0.4, -0.2) is 70.0 Å². The number of nitrogens with zero attached hydrogens (tertiary/aromatic N) is 1. The lowest BCUT2D eigenvalue weighted by atomic mass is 10.0. The standard InChI is InChI=1S/C53H96NO8P/c1-6-8-10-12-14-16-18-20-22-24-26-28-30-32-34-36-38-40-42-44-46-53(56)62-51(50-61-63(57,58)60-48-47-54(3,4)5)49-59-52(55)45-43-41-39-37-35-33-31-29-27-25-23-21-19-17-15-13-11-9-7-2/h9,11,15,17,21,23,27,29,33,35,51H,6-8,10,12-14,16,18-20,22,24-26,28,30-32,34,36-50H2,1-5H3/b11-9+,17-15+,23-21+,29-27+,35-33+/t51-/m1/s1. The zero-order valence-corrected chi connectivity index (χ0v) is 42.2. The van der Waals surface area contributed by atoms with Crippen molar-refractivity contribution in [2.24, 2.45) is 0 Å². The molecule has 0 heterocycles. The molecule has 0 aromatic heterocycles. The third kappa shape index (κ3) is 49.0. The number of quaternary nitrogens is 1. The maximum absolute atomic E-state index is 12.7. The fourth-order valence-corrected chi connectivity index (χ4v) is 7.59. The molecule has 0 aliphatic heterocycles. The van der Waals surface area contributed by atoms with Crippen molar-refractivity contribution >= 4 is 19.8 Å². The highest BCUT2D eigenvalue weighted by molar-refractivity contribution is 7.45. The predicted molar refractivity (Wildman–Crippen MR) is 263 cm³/mol. The van der Waals surface area contributed by atoms with E-state index in [0.717, 1.165) is 70.6 Å². The van der Waals surface area contributed by atoms with Crippen LogP contribution in [0.2, 0.25) is 0 Å². The molecule has 0 bridgehead atoms. The molecule has 10 heteroatoms. The van der Waals surface area contributed by atoms with Gasteiger partial charge in [-0.3, -0.25) is 14.2 Å². The Kier molecular flexibility index (Phi) is 43.3. The Labute approximate surface area is 387 Å². The Morgan fingerprint density at radius 2 is 0.905 bits per heavy atom. The highest BCUT2D eigenvalue weighted by Crippen LogP contribution is 2.38. The van der Waals surface area contributed by atoms with E-state index < -0.39 is 32.5 Å². The van der Waals surface area contributed by atoms with Crippen LogP contribution in [0.15, 0.2) is 60.8 Å². The minimum atomic E-state index is -4.64. The van der Waals surface area contributed by atoms with Crippen molar-refractivity contribution in [2.45, 2.75) is 219 Å². The van der Waals surface area contributed by atoms with Crippen LogP contribution in [0.25, 0.3) is 0 Å². The molecular formula is C53H96NO8P. The van der Waals surface area contributed by atoms with Crippen molar-refractivity contribution in [1.29, 1.82) is 0 Å². The summed E-state index contributed by atoms with van der Waals surface area (Å²) >= 11 is 0. The quantitative estimate of drug-likeness (QED) is 0.0195. The van der Waals surface area contributed by atoms with Crippen molar-refractivity contribution in [3.05, 3.63) is 60.8 Å². The number of ether oxygens (including phenoxy) is 2. The summed E-state index contributed by atoms with van der Waals surface area (Å²) in [5.74, 6) is -0.867. The minimum absolute atomic E-state index is 0.0375. The van der Waals surface area contributed by atoms with Gasteiger partial charge in [0.25, 0.3) is 7.82 Å². The lowest BCUT2D eigenvalue weighted by Gasteiger charge is -2.28. The van der Waals surface area contributed by atoms with Crippen LogP contribution in [0.3, 0.4) is 0 Å². The van der Waals surface area contributed by atoms with Gasteiger partial charge in [0, 0.05) is 12.8 Å². The van der Waals surface area contributed by atoms with E-state index in [0.29, 0.717) is 23.9 Å². The van der Waals surface area contributed by atoms with Gasteiger partial charge in [-0.05, 0) is 57.8 Å². The van der Waals surface area contributed by atoms with Gasteiger partial charge in [-0.25, -0.2) is 0 Å². The average molecular weight is 906 g/mol. The molecule has 0 N–H and O–H groups in total. The van der Waals surface area contributed by atoms with E-state index in [9.17, 15) is 19.0 Å². The van der Waals surface area contributed by atoms with Crippen LogP contribution >= 0.6 is 7.82 Å². The summed E-state index contributed by atoms with van der Waals surface area (Å²) in [6, 6.07) is 0. The van der Waals surface area contributed by atoms with Crippen LogP contribution in [-0.2, 0) is 32.7 Å². The van der Waals surface area contributed by atoms with Crippen LogP contribution < -0.4 is 4.89 Å². The number of phosphoric acid groups is 1. The number of hydrogen-bond acceptors (Lipinski definition) is 8. The van der Waals surface area contributed by atoms with Gasteiger partial charge in [0.15, 0.2) is 6.10 Å². The van der Waals surface area contributed by atoms with E-state index in [4.69, 9.17) is 18.5 Å². The normalized spacial score (nSPS) is 13.9. The first kappa shape index (κ1) is 60.7. The van der Waals surface area contributed by atoms with Gasteiger partial charge in [-0.1, -0.05) is 203 Å². The van der Waals surface area contributed by atoms with Crippen LogP contribution in [0.5, 0.6) is 0 Å². The Bertz CT molecular complexity index is 1250. The molecule has 0 fully saturated rings. The summed E-state index contributed by atoms with van der Waals surface area (Å²) in [6.07, 6.45) is 55.4. The lowest BCUT2D eigenvalue weighted by molar-refractivity contribution is -0.870. The summed E-state index contributed by atoms with van der Waals surface area (Å²) in [6.45, 7) is 4.10. The Balaban J connectivity index is 4.31. The number of phosphoric ester groups is 1. The van der Waals surface area contributed by atoms with E-state index in [1.54, 1.807) is 0 Å². The number of likely N-dealkylation sites (N-methyl/N-ethyl adjacent to an activating group) is 1. The number of rotatable bonds is 46. The smallest absolute Gasteiger partial charge is 0.306 e. The molecule has 0 aliphatic carbocycles. The molecule has 0 radical (unpaired) electrons. The summed E-state index contributed by atoms with van der Waals surface area (Å²) in [4.78, 5) is 37.7. The molecule has 0 aliphatic rings. The highest BCUT2D eigenvalue weighted by Gasteiger charge is 2.21. The summed E-state index contributed by atoms with van der Waals surface area (Å²) < 4.78 is 34.0. The van der Waals surface area contributed by atoms with Gasteiger partial charge >= 0.3 is 11.9 Å². The van der Waals surface area contributed by atoms with Gasteiger partial charge in [0.1, 0.15) is 19.8 Å². The van der Waals surface area contributed by atoms with Gasteiger partial charge in [0.05, 0.1) is 27.7 Å². The van der Waals surface area contributed by atoms with E-state index in [1.165, 1.54) is 103 Å². The maximum atomic E-state index is 12.7. The Morgan fingerprint density at radius 3 is 1.35 bits per heavy atom. The summed E-state index contributed by atoms with van der Waals surface area (Å²) in [5, 5.41) is 0. The number of allylic oxidation sites excluding steroid dienone is 10. The molecule has 2 atom stereocenters. The van der Waals surface area contributed by atoms with Gasteiger partial charge in [-0.15, -0.1) is 0 Å². The van der Waals surface area contributed by atoms with Crippen LogP contribution in [0.1, 0.15) is 213 Å². The molecule has 0 spiro atoms. The average Bonchev–Trinajstić information content (AvgIpc) is 3.24. The minimum Gasteiger partial charge on any atom is -0.756 e. The molecule has 0 saturated heterocycles. The number of carbonyl (C=O) groups excluding carboxylic acids is 2. The molecular weight excluding hydrogens is 810 g/mol. The maximum Gasteiger partial charge on any atom is 0.306 e. The second-order valence-electron chi connectivity index (χ2n) is 18.2. The first-order chi connectivity index (χ1) is 30.5. The molecule has 0 aromatic rings. The van der Waals surface area contributed by atoms with E-state index >= 15 is 0 Å². The number of carbonyl (C=O) groups is 2. The number of esters is 2. The van der Waals surface area contributed by atoms with E-state index in [1.807, 2.05) is 21.1 Å². The molecule has 366 valence electrons. The number of unbranched alkanes of at least 4 members (excludes halogenated alkanes) is 22. The third-order valence-corrected chi connectivity index (χ3v) is 11.8. The van der Waals surface area contributed by atoms with E-state index in [-0.39, 0.29) is 26.1 Å². The zero-order chi connectivity index (χ0) is 46.4. The van der Waals surface area contributed by atoms with Crippen molar-refractivity contribution in [1.82, 2.24) is 0 Å². The monoisotopic (exact) mass is 906 g/mol. The summed E-state index contributed by atoms with van der Waals surface area (Å²) in [5.41, 5.74) is 0. The molecule has 0 amide bonds. The number of hydrogen-bond donors (Lipinski definition) is 0. The summed E-state index contributed by atoms with van der Waals surface area (Å²) in [7, 11) is 1.15. The topological polar surface area (TPSA) is 111 Å². The lowest BCUT2D eigenvalue weighted by Crippen LogP contribution is -2.37. The molecule has 0 aromatic carbocycles. The van der Waals surface area contributed by atoms with Crippen molar-refractivity contribution in [2.75, 3.05) is 47.5 Å². The Hall–Kier alpha value is -2.29. The second kappa shape index (κ2) is 44.9. The third-order valence-electron chi connectivity index (χ3n) is 10.8. The molecule has 1 unspecified atom stereocenters. The predicted octanol–water partition coefficient (Wildman–Crippen LogP) is 14.6. The van der Waals surface area contributed by atoms with Crippen molar-refractivity contribution in [3.63, 3.8) is 0 Å². The molecule has 0 rings (SSSR count). The Morgan fingerprint density at radius 1 is 0.508 bits per heavy atom. The van der Waals surface area contributed by atoms with Crippen molar-refractivity contribution in [3.8, 4) is 0 Å². The van der Waals surface area contributed by atoms with Gasteiger partial charge in [-0.2, -0.15) is 0 Å². The first-order valence-electron chi connectivity index (χ1n) is 25.5. The van der Waals surface area contributed by atoms with Gasteiger partial charge < -0.3 is 27.9 Å². The SMILES string of the molecule is CC/C=C/C/C=C/C/C=C/C/C=C/C/C=C/CCCCCC(=O)OC[C@H](COP(=O)([O-])OCC[N+](C)(C)C)OC(=O)CCCCCCCCCCCCCCCCCCCCCC. The largest absolute Gasteiger partial charge is 0.756 e. The highest BCUT2D eigenvalue weighted by atomic mass is 31.2. The van der Waals surface area contributed by atoms with Gasteiger partial charge in [0.2, 0.25) is 0 Å². The zero-order valence-electron chi connectivity index (χ0n) is 41.3. The first-order valence-corrected chi connectivity index (χ1v) is 27.0. The van der Waals surface area contributed by atoms with E-state index in [2.05, 4.69) is 74.6 Å². The van der Waals surface area contributed by atoms with Crippen LogP contribution in [0, 0.1) is 0 Å².